The molecule has 2 heterocycles. The summed E-state index contributed by atoms with van der Waals surface area (Å²) >= 11 is 1.30. The summed E-state index contributed by atoms with van der Waals surface area (Å²) in [7, 11) is 0. The molecule has 2 aromatic carbocycles. The largest absolute Gasteiger partial charge is 0.371 e. The van der Waals surface area contributed by atoms with Crippen molar-refractivity contribution in [3.05, 3.63) is 68.8 Å². The number of nitro benzene ring substituents is 1. The van der Waals surface area contributed by atoms with Crippen molar-refractivity contribution in [1.82, 2.24) is 4.98 Å². The fourth-order valence-electron chi connectivity index (χ4n) is 3.54. The number of hydrogen-bond donors (Lipinski definition) is 1. The molecule has 1 N–H and O–H groups in total. The number of halogens is 1. The lowest BCUT2D eigenvalue weighted by molar-refractivity contribution is -0.384. The molecule has 1 aromatic heterocycles. The van der Waals surface area contributed by atoms with E-state index in [1.165, 1.54) is 35.6 Å². The SMILES string of the molecule is Cc1sc(NC(=O)c2cc([N+](=O)[O-])ccc2N2CCCC2)nc1-c1ccc(F)cc1. The minimum atomic E-state index is -0.509. The first-order valence-electron chi connectivity index (χ1n) is 9.50. The van der Waals surface area contributed by atoms with Crippen LogP contribution in [0.4, 0.5) is 20.9 Å². The Morgan fingerprint density at radius 2 is 1.90 bits per heavy atom. The molecule has 30 heavy (non-hydrogen) atoms. The summed E-state index contributed by atoms with van der Waals surface area (Å²) in [4.78, 5) is 31.1. The highest BCUT2D eigenvalue weighted by Crippen LogP contribution is 2.32. The molecule has 1 amide bonds. The van der Waals surface area contributed by atoms with Gasteiger partial charge in [-0.1, -0.05) is 0 Å². The molecular weight excluding hydrogens is 407 g/mol. The molecule has 7 nitrogen and oxygen atoms in total. The lowest BCUT2D eigenvalue weighted by Gasteiger charge is -2.20. The number of aryl methyl sites for hydroxylation is 1. The van der Waals surface area contributed by atoms with E-state index in [9.17, 15) is 19.3 Å². The zero-order chi connectivity index (χ0) is 21.3. The van der Waals surface area contributed by atoms with E-state index in [4.69, 9.17) is 0 Å². The predicted octanol–water partition coefficient (Wildman–Crippen LogP) is 5.02. The Morgan fingerprint density at radius 1 is 1.20 bits per heavy atom. The maximum absolute atomic E-state index is 13.2. The van der Waals surface area contributed by atoms with E-state index in [0.29, 0.717) is 16.5 Å². The van der Waals surface area contributed by atoms with E-state index in [2.05, 4.69) is 15.2 Å². The molecule has 4 rings (SSSR count). The summed E-state index contributed by atoms with van der Waals surface area (Å²) in [6.07, 6.45) is 2.04. The van der Waals surface area contributed by atoms with E-state index in [0.717, 1.165) is 36.4 Å². The van der Waals surface area contributed by atoms with Crippen molar-refractivity contribution < 1.29 is 14.1 Å². The van der Waals surface area contributed by atoms with Gasteiger partial charge in [-0.3, -0.25) is 20.2 Å². The van der Waals surface area contributed by atoms with Gasteiger partial charge in [0.1, 0.15) is 5.82 Å². The number of amides is 1. The average Bonchev–Trinajstić information content (AvgIpc) is 3.38. The molecule has 3 aromatic rings. The quantitative estimate of drug-likeness (QED) is 0.457. The highest BCUT2D eigenvalue weighted by Gasteiger charge is 2.23. The number of thiazole rings is 1. The second kappa shape index (κ2) is 8.19. The van der Waals surface area contributed by atoms with E-state index in [1.807, 2.05) is 6.92 Å². The van der Waals surface area contributed by atoms with Gasteiger partial charge < -0.3 is 4.90 Å². The van der Waals surface area contributed by atoms with Crippen molar-refractivity contribution in [2.24, 2.45) is 0 Å². The maximum Gasteiger partial charge on any atom is 0.270 e. The van der Waals surface area contributed by atoms with Crippen LogP contribution in [0.2, 0.25) is 0 Å². The minimum absolute atomic E-state index is 0.134. The Morgan fingerprint density at radius 3 is 2.57 bits per heavy atom. The van der Waals surface area contributed by atoms with Crippen LogP contribution in [0.3, 0.4) is 0 Å². The van der Waals surface area contributed by atoms with Crippen LogP contribution in [0.5, 0.6) is 0 Å². The highest BCUT2D eigenvalue weighted by molar-refractivity contribution is 7.16. The second-order valence-electron chi connectivity index (χ2n) is 7.04. The summed E-state index contributed by atoms with van der Waals surface area (Å²) in [5.41, 5.74) is 2.21. The van der Waals surface area contributed by atoms with E-state index < -0.39 is 10.8 Å². The van der Waals surface area contributed by atoms with Crippen LogP contribution in [0.1, 0.15) is 28.1 Å². The lowest BCUT2D eigenvalue weighted by Crippen LogP contribution is -2.23. The third kappa shape index (κ3) is 4.02. The fraction of sp³-hybridized carbons (Fsp3) is 0.238. The van der Waals surface area contributed by atoms with E-state index in [1.54, 1.807) is 18.2 Å². The Hall–Kier alpha value is -3.33. The molecule has 0 radical (unpaired) electrons. The van der Waals surface area contributed by atoms with Gasteiger partial charge in [-0.05, 0) is 50.1 Å². The van der Waals surface area contributed by atoms with Gasteiger partial charge in [0, 0.05) is 35.7 Å². The number of nitrogens with one attached hydrogen (secondary N) is 1. The van der Waals surface area contributed by atoms with Crippen LogP contribution in [0.25, 0.3) is 11.3 Å². The third-order valence-corrected chi connectivity index (χ3v) is 5.90. The molecule has 1 saturated heterocycles. The van der Waals surface area contributed by atoms with Crippen LogP contribution in [0, 0.1) is 22.9 Å². The van der Waals surface area contributed by atoms with Gasteiger partial charge in [-0.25, -0.2) is 9.37 Å². The van der Waals surface area contributed by atoms with Crippen LogP contribution >= 0.6 is 11.3 Å². The Bertz CT molecular complexity index is 1110. The fourth-order valence-corrected chi connectivity index (χ4v) is 4.37. The molecule has 0 unspecified atom stereocenters. The second-order valence-corrected chi connectivity index (χ2v) is 8.24. The first kappa shape index (κ1) is 20.0. The topological polar surface area (TPSA) is 88.4 Å². The van der Waals surface area contributed by atoms with Crippen molar-refractivity contribution in [3.8, 4) is 11.3 Å². The van der Waals surface area contributed by atoms with Crippen molar-refractivity contribution in [1.29, 1.82) is 0 Å². The zero-order valence-corrected chi connectivity index (χ0v) is 17.0. The molecular formula is C21H19FN4O3S. The third-order valence-electron chi connectivity index (χ3n) is 5.02. The molecule has 1 aliphatic rings. The number of hydrogen-bond acceptors (Lipinski definition) is 6. The number of non-ortho nitro benzene ring substituents is 1. The number of rotatable bonds is 5. The van der Waals surface area contributed by atoms with Gasteiger partial charge in [-0.2, -0.15) is 0 Å². The molecule has 1 fully saturated rings. The number of nitro groups is 1. The number of carbonyl (C=O) groups is 1. The number of benzene rings is 2. The molecule has 0 aliphatic carbocycles. The Kier molecular flexibility index (Phi) is 5.45. The molecule has 9 heteroatoms. The van der Waals surface area contributed by atoms with Gasteiger partial charge in [-0.15, -0.1) is 11.3 Å². The number of anilines is 2. The summed E-state index contributed by atoms with van der Waals surface area (Å²) < 4.78 is 13.2. The lowest BCUT2D eigenvalue weighted by atomic mass is 10.1. The Balaban J connectivity index is 1.63. The standard InChI is InChI=1S/C21H19FN4O3S/c1-13-19(14-4-6-15(22)7-5-14)23-21(30-13)24-20(27)17-12-16(26(28)29)8-9-18(17)25-10-2-3-11-25/h4-9,12H,2-3,10-11H2,1H3,(H,23,24,27). The normalized spacial score (nSPS) is 13.5. The predicted molar refractivity (Wildman–Crippen MR) is 115 cm³/mol. The van der Waals surface area contributed by atoms with Gasteiger partial charge in [0.2, 0.25) is 0 Å². The molecule has 1 aliphatic heterocycles. The van der Waals surface area contributed by atoms with E-state index in [-0.39, 0.29) is 17.1 Å². The Labute approximate surface area is 176 Å². The molecule has 0 spiro atoms. The van der Waals surface area contributed by atoms with Gasteiger partial charge in [0.15, 0.2) is 5.13 Å². The maximum atomic E-state index is 13.2. The molecule has 0 saturated carbocycles. The highest BCUT2D eigenvalue weighted by atomic mass is 32.1. The monoisotopic (exact) mass is 426 g/mol. The first-order valence-corrected chi connectivity index (χ1v) is 10.3. The van der Waals surface area contributed by atoms with E-state index >= 15 is 0 Å². The minimum Gasteiger partial charge on any atom is -0.371 e. The van der Waals surface area contributed by atoms with Crippen LogP contribution < -0.4 is 10.2 Å². The number of nitrogens with zero attached hydrogens (tertiary/aromatic N) is 3. The van der Waals surface area contributed by atoms with Crippen molar-refractivity contribution in [2.75, 3.05) is 23.3 Å². The summed E-state index contributed by atoms with van der Waals surface area (Å²) in [5, 5.41) is 14.4. The van der Waals surface area contributed by atoms with Gasteiger partial charge >= 0.3 is 0 Å². The number of aromatic nitrogens is 1. The molecule has 154 valence electrons. The zero-order valence-electron chi connectivity index (χ0n) is 16.2. The summed E-state index contributed by atoms with van der Waals surface area (Å²) in [6.45, 7) is 3.49. The average molecular weight is 426 g/mol. The summed E-state index contributed by atoms with van der Waals surface area (Å²) in [6, 6.07) is 10.4. The van der Waals surface area contributed by atoms with Crippen LogP contribution in [-0.2, 0) is 0 Å². The smallest absolute Gasteiger partial charge is 0.270 e. The molecule has 0 atom stereocenters. The van der Waals surface area contributed by atoms with Crippen molar-refractivity contribution in [2.45, 2.75) is 19.8 Å². The number of carbonyl (C=O) groups excluding carboxylic acids is 1. The van der Waals surface area contributed by atoms with Gasteiger partial charge in [0.25, 0.3) is 11.6 Å². The van der Waals surface area contributed by atoms with Crippen LogP contribution in [0.15, 0.2) is 42.5 Å². The molecule has 0 bridgehead atoms. The van der Waals surface area contributed by atoms with Gasteiger partial charge in [0.05, 0.1) is 21.9 Å². The summed E-state index contributed by atoms with van der Waals surface area (Å²) in [5.74, 6) is -0.778. The first-order chi connectivity index (χ1) is 14.4. The van der Waals surface area contributed by atoms with Crippen LogP contribution in [-0.4, -0.2) is 28.9 Å². The van der Waals surface area contributed by atoms with Crippen molar-refractivity contribution in [3.63, 3.8) is 0 Å². The van der Waals surface area contributed by atoms with Crippen molar-refractivity contribution >= 4 is 33.8 Å².